The normalized spacial score (nSPS) is 19.2. The number of rotatable bonds is 6. The van der Waals surface area contributed by atoms with Crippen LogP contribution in [0.15, 0.2) is 36.4 Å². The monoisotopic (exact) mass is 615 g/mol. The third-order valence-electron chi connectivity index (χ3n) is 7.64. The van der Waals surface area contributed by atoms with Crippen LogP contribution in [0.2, 0.25) is 5.02 Å². The molecule has 42 heavy (non-hydrogen) atoms. The van der Waals surface area contributed by atoms with E-state index in [4.69, 9.17) is 22.1 Å². The second kappa shape index (κ2) is 11.1. The first kappa shape index (κ1) is 29.7. The van der Waals surface area contributed by atoms with Gasteiger partial charge in [0.25, 0.3) is 0 Å². The van der Waals surface area contributed by atoms with Gasteiger partial charge in [-0.1, -0.05) is 17.7 Å². The molecule has 0 radical (unpaired) electrons. The minimum atomic E-state index is -5.05. The van der Waals surface area contributed by atoms with Crippen LogP contribution < -0.4 is 20.7 Å². The number of halogens is 7. The highest BCUT2D eigenvalue weighted by molar-refractivity contribution is 6.30. The number of carbonyl (C=O) groups is 1. The van der Waals surface area contributed by atoms with E-state index < -0.39 is 58.7 Å². The van der Waals surface area contributed by atoms with Gasteiger partial charge in [0.15, 0.2) is 17.5 Å². The number of piperidine rings is 1. The molecule has 1 aromatic heterocycles. The summed E-state index contributed by atoms with van der Waals surface area (Å²) >= 11 is 5.99. The van der Waals surface area contributed by atoms with Crippen molar-refractivity contribution in [3.8, 4) is 17.0 Å². The van der Waals surface area contributed by atoms with Crippen molar-refractivity contribution >= 4 is 29.3 Å². The first-order valence-corrected chi connectivity index (χ1v) is 13.2. The second-order valence-electron chi connectivity index (χ2n) is 10.4. The van der Waals surface area contributed by atoms with Crippen molar-refractivity contribution in [2.75, 3.05) is 30.3 Å². The molecule has 2 aromatic carbocycles. The number of carboxylic acid groups (broad SMARTS) is 1. The number of nitrogens with one attached hydrogen (secondary N) is 1. The highest BCUT2D eigenvalue weighted by Crippen LogP contribution is 2.43. The molecule has 224 valence electrons. The maximum absolute atomic E-state index is 14.4. The molecule has 0 unspecified atom stereocenters. The molecule has 2 aliphatic rings. The second-order valence-corrected chi connectivity index (χ2v) is 10.8. The van der Waals surface area contributed by atoms with Gasteiger partial charge < -0.3 is 25.8 Å². The van der Waals surface area contributed by atoms with Gasteiger partial charge in [-0.15, -0.1) is 0 Å². The number of hydrogen-bond donors (Lipinski definition) is 3. The van der Waals surface area contributed by atoms with Crippen LogP contribution in [0.5, 0.6) is 5.88 Å². The Hall–Kier alpha value is -3.78. The van der Waals surface area contributed by atoms with Crippen molar-refractivity contribution in [3.05, 3.63) is 64.4 Å². The van der Waals surface area contributed by atoms with Gasteiger partial charge in [0.2, 0.25) is 17.9 Å². The average molecular weight is 616 g/mol. The zero-order chi connectivity index (χ0) is 30.4. The third kappa shape index (κ3) is 6.04. The number of aliphatic carboxylic acids is 1. The number of nitrogens with two attached hydrogens (primary N) is 1. The Labute approximate surface area is 240 Å². The van der Waals surface area contributed by atoms with Crippen LogP contribution in [0.1, 0.15) is 30.9 Å². The maximum Gasteiger partial charge on any atom is 0.429 e. The lowest BCUT2D eigenvalue weighted by Crippen LogP contribution is -2.41. The summed E-state index contributed by atoms with van der Waals surface area (Å²) in [5, 5.41) is 12.3. The minimum Gasteiger partial charge on any atom is -0.480 e. The summed E-state index contributed by atoms with van der Waals surface area (Å²) in [4.78, 5) is 21.1. The zero-order valence-electron chi connectivity index (χ0n) is 21.7. The van der Waals surface area contributed by atoms with Crippen molar-refractivity contribution in [2.45, 2.75) is 37.6 Å². The quantitative estimate of drug-likeness (QED) is 0.246. The van der Waals surface area contributed by atoms with E-state index in [0.29, 0.717) is 51.0 Å². The topological polar surface area (TPSA) is 114 Å². The number of ether oxygens (including phenoxy) is 1. The predicted molar refractivity (Wildman–Crippen MR) is 141 cm³/mol. The summed E-state index contributed by atoms with van der Waals surface area (Å²) in [5.74, 6) is -6.52. The van der Waals surface area contributed by atoms with Crippen LogP contribution in [0.4, 0.5) is 38.1 Å². The molecule has 4 N–H and O–H groups in total. The molecule has 3 heterocycles. The highest BCUT2D eigenvalue weighted by atomic mass is 35.5. The van der Waals surface area contributed by atoms with E-state index >= 15 is 0 Å². The summed E-state index contributed by atoms with van der Waals surface area (Å²) in [6, 6.07) is 4.88. The van der Waals surface area contributed by atoms with Crippen LogP contribution in [-0.2, 0) is 4.79 Å². The molecule has 0 saturated carbocycles. The van der Waals surface area contributed by atoms with Crippen LogP contribution in [0.3, 0.4) is 0 Å². The Morgan fingerprint density at radius 1 is 1.12 bits per heavy atom. The van der Waals surface area contributed by atoms with E-state index in [2.05, 4.69) is 15.3 Å². The molecular formula is C27H24ClF6N5O3. The fourth-order valence-corrected chi connectivity index (χ4v) is 5.65. The molecule has 2 aliphatic heterocycles. The smallest absolute Gasteiger partial charge is 0.429 e. The van der Waals surface area contributed by atoms with E-state index in [0.717, 1.165) is 18.2 Å². The molecule has 0 bridgehead atoms. The van der Waals surface area contributed by atoms with E-state index in [1.54, 1.807) is 4.90 Å². The number of hydrogen-bond acceptors (Lipinski definition) is 7. The summed E-state index contributed by atoms with van der Waals surface area (Å²) in [6.07, 6.45) is -6.03. The van der Waals surface area contributed by atoms with Crippen molar-refractivity contribution in [1.29, 1.82) is 0 Å². The maximum atomic E-state index is 14.4. The minimum absolute atomic E-state index is 0.0385. The van der Waals surface area contributed by atoms with E-state index in [1.165, 1.54) is 6.07 Å². The molecule has 3 aromatic rings. The summed E-state index contributed by atoms with van der Waals surface area (Å²) < 4.78 is 90.2. The largest absolute Gasteiger partial charge is 0.480 e. The number of anilines is 2. The molecule has 2 fully saturated rings. The molecule has 15 heteroatoms. The van der Waals surface area contributed by atoms with Crippen LogP contribution in [0, 0.1) is 22.9 Å². The Kier molecular flexibility index (Phi) is 7.88. The van der Waals surface area contributed by atoms with Crippen molar-refractivity contribution in [1.82, 2.24) is 15.3 Å². The van der Waals surface area contributed by atoms with Gasteiger partial charge in [-0.25, -0.2) is 13.2 Å². The van der Waals surface area contributed by atoms with Crippen LogP contribution in [0.25, 0.3) is 11.1 Å². The Morgan fingerprint density at radius 2 is 1.79 bits per heavy atom. The van der Waals surface area contributed by atoms with Crippen LogP contribution >= 0.6 is 11.6 Å². The van der Waals surface area contributed by atoms with Gasteiger partial charge in [-0.05, 0) is 60.1 Å². The lowest BCUT2D eigenvalue weighted by atomic mass is 9.76. The molecule has 5 rings (SSSR count). The SMILES string of the molecule is Nc1nc(O[C@H](c2ccc(Cl)cc2-c2cc(F)c(F)c(F)c2)C(F)(F)F)cc(N2CCC3(CC2)CN[C@H](C(=O)O)C3)n1. The molecule has 2 atom stereocenters. The fourth-order valence-electron chi connectivity index (χ4n) is 5.48. The summed E-state index contributed by atoms with van der Waals surface area (Å²) in [7, 11) is 0. The van der Waals surface area contributed by atoms with Gasteiger partial charge in [-0.3, -0.25) is 4.79 Å². The molecule has 0 amide bonds. The van der Waals surface area contributed by atoms with Gasteiger partial charge in [-0.2, -0.15) is 23.1 Å². The zero-order valence-corrected chi connectivity index (χ0v) is 22.4. The van der Waals surface area contributed by atoms with Gasteiger partial charge in [0.05, 0.1) is 0 Å². The Bertz CT molecular complexity index is 1490. The number of nitrogens with zero attached hydrogens (tertiary/aromatic N) is 3. The first-order valence-electron chi connectivity index (χ1n) is 12.8. The lowest BCUT2D eigenvalue weighted by Gasteiger charge is -2.39. The highest BCUT2D eigenvalue weighted by Gasteiger charge is 2.46. The number of alkyl halides is 3. The fraction of sp³-hybridized carbons (Fsp3) is 0.370. The molecule has 1 spiro atoms. The average Bonchev–Trinajstić information content (AvgIpc) is 3.33. The van der Waals surface area contributed by atoms with E-state index in [9.17, 15) is 36.2 Å². The predicted octanol–water partition coefficient (Wildman–Crippen LogP) is 5.51. The van der Waals surface area contributed by atoms with Crippen molar-refractivity contribution in [3.63, 3.8) is 0 Å². The van der Waals surface area contributed by atoms with Crippen LogP contribution in [-0.4, -0.2) is 52.9 Å². The molecule has 8 nitrogen and oxygen atoms in total. The van der Waals surface area contributed by atoms with Crippen molar-refractivity contribution < 1.29 is 41.0 Å². The molecule has 2 saturated heterocycles. The number of aromatic nitrogens is 2. The molecular weight excluding hydrogens is 592 g/mol. The molecule has 0 aliphatic carbocycles. The summed E-state index contributed by atoms with van der Waals surface area (Å²) in [5.41, 5.74) is 4.32. The standard InChI is InChI=1S/C27H24ClF6N5O3/c28-14-1-2-15(16(9-14)13-7-17(29)22(31)18(30)8-13)23(27(32,33)34)42-21-10-20(37-25(35)38-21)39-5-3-26(4-6-39)11-19(24(40)41)36-12-26/h1-2,7-10,19,23,36H,3-6,11-12H2,(H,40,41)(H2,35,37,38)/t19-,23+/m0/s1. The summed E-state index contributed by atoms with van der Waals surface area (Å²) in [6.45, 7) is 1.42. The number of nitrogen functional groups attached to an aromatic ring is 1. The van der Waals surface area contributed by atoms with E-state index in [1.807, 2.05) is 0 Å². The van der Waals surface area contributed by atoms with Gasteiger partial charge in [0, 0.05) is 36.3 Å². The van der Waals surface area contributed by atoms with Crippen molar-refractivity contribution in [2.24, 2.45) is 5.41 Å². The Morgan fingerprint density at radius 3 is 2.38 bits per heavy atom. The lowest BCUT2D eigenvalue weighted by molar-refractivity contribution is -0.198. The van der Waals surface area contributed by atoms with Gasteiger partial charge >= 0.3 is 12.1 Å². The van der Waals surface area contributed by atoms with Gasteiger partial charge in [0.1, 0.15) is 11.9 Å². The first-order chi connectivity index (χ1) is 19.7. The Balaban J connectivity index is 1.44. The number of benzene rings is 2. The third-order valence-corrected chi connectivity index (χ3v) is 7.88. The van der Waals surface area contributed by atoms with E-state index in [-0.39, 0.29) is 27.8 Å². The number of carboxylic acids is 1.